The van der Waals surface area contributed by atoms with Crippen molar-refractivity contribution in [3.8, 4) is 11.5 Å². The Hall–Kier alpha value is -1.22. The summed E-state index contributed by atoms with van der Waals surface area (Å²) in [6.07, 6.45) is 4.06. The number of halogens is 1. The third kappa shape index (κ3) is 5.63. The number of benzene rings is 1. The van der Waals surface area contributed by atoms with E-state index < -0.39 is 0 Å². The molecule has 0 spiro atoms. The van der Waals surface area contributed by atoms with Gasteiger partial charge in [0.25, 0.3) is 0 Å². The molecule has 2 aliphatic heterocycles. The Morgan fingerprint density at radius 1 is 1.19 bits per heavy atom. The second-order valence-electron chi connectivity index (χ2n) is 7.48. The van der Waals surface area contributed by atoms with Gasteiger partial charge in [-0.3, -0.25) is 4.99 Å². The minimum absolute atomic E-state index is 0. The number of rotatable bonds is 6. The summed E-state index contributed by atoms with van der Waals surface area (Å²) in [6.45, 7) is 7.55. The second-order valence-corrected chi connectivity index (χ2v) is 7.48. The van der Waals surface area contributed by atoms with Crippen molar-refractivity contribution >= 4 is 29.9 Å². The number of aliphatic imine (C=N–C) groups is 1. The maximum absolute atomic E-state index is 6.01. The molecule has 150 valence electrons. The molecule has 4 rings (SSSR count). The highest BCUT2D eigenvalue weighted by molar-refractivity contribution is 14.0. The quantitative estimate of drug-likeness (QED) is 0.368. The molecule has 1 aromatic rings. The standard InChI is InChI=1S/C20H30N4O2.HI/c1-2-21-20(22-11-15-9-10-24(13-15)16-7-8-16)23-12-17-14-25-18-5-3-4-6-19(18)26-17;/h3-6,15-17H,2,7-14H2,1H3,(H2,21,22,23);1H. The van der Waals surface area contributed by atoms with Gasteiger partial charge in [0.05, 0.1) is 6.54 Å². The Balaban J connectivity index is 0.00000210. The molecule has 2 N–H and O–H groups in total. The largest absolute Gasteiger partial charge is 0.486 e. The third-order valence-corrected chi connectivity index (χ3v) is 5.30. The SMILES string of the molecule is CCNC(=NCC1CCN(C2CC2)C1)NCC1COc2ccccc2O1.I. The first kappa shape index (κ1) is 20.5. The van der Waals surface area contributed by atoms with E-state index in [1.165, 1.54) is 32.4 Å². The van der Waals surface area contributed by atoms with E-state index >= 15 is 0 Å². The lowest BCUT2D eigenvalue weighted by Gasteiger charge is -2.27. The highest BCUT2D eigenvalue weighted by atomic mass is 127. The first-order valence-corrected chi connectivity index (χ1v) is 9.96. The van der Waals surface area contributed by atoms with Crippen LogP contribution in [-0.4, -0.2) is 62.3 Å². The molecular weight excluding hydrogens is 455 g/mol. The van der Waals surface area contributed by atoms with Crippen molar-refractivity contribution in [2.24, 2.45) is 10.9 Å². The van der Waals surface area contributed by atoms with Crippen LogP contribution in [0.25, 0.3) is 0 Å². The number of nitrogens with one attached hydrogen (secondary N) is 2. The maximum Gasteiger partial charge on any atom is 0.191 e. The highest BCUT2D eigenvalue weighted by Crippen LogP contribution is 2.32. The molecule has 7 heteroatoms. The summed E-state index contributed by atoms with van der Waals surface area (Å²) in [4.78, 5) is 7.45. The van der Waals surface area contributed by atoms with Crippen LogP contribution in [0, 0.1) is 5.92 Å². The van der Waals surface area contributed by atoms with Gasteiger partial charge in [0.1, 0.15) is 12.7 Å². The van der Waals surface area contributed by atoms with E-state index in [1.54, 1.807) is 0 Å². The molecule has 27 heavy (non-hydrogen) atoms. The summed E-state index contributed by atoms with van der Waals surface area (Å²) in [7, 11) is 0. The minimum Gasteiger partial charge on any atom is -0.486 e. The fraction of sp³-hybridized carbons (Fsp3) is 0.650. The van der Waals surface area contributed by atoms with Gasteiger partial charge >= 0.3 is 0 Å². The molecule has 1 saturated carbocycles. The van der Waals surface area contributed by atoms with E-state index in [-0.39, 0.29) is 30.1 Å². The Morgan fingerprint density at radius 3 is 2.78 bits per heavy atom. The molecular formula is C20H31IN4O2. The average Bonchev–Trinajstić information content (AvgIpc) is 3.42. The van der Waals surface area contributed by atoms with Crippen LogP contribution >= 0.6 is 24.0 Å². The molecule has 2 unspecified atom stereocenters. The smallest absolute Gasteiger partial charge is 0.191 e. The predicted molar refractivity (Wildman–Crippen MR) is 118 cm³/mol. The lowest BCUT2D eigenvalue weighted by molar-refractivity contribution is 0.0936. The number of hydrogen-bond acceptors (Lipinski definition) is 4. The zero-order valence-electron chi connectivity index (χ0n) is 16.0. The minimum atomic E-state index is -0.00871. The molecule has 1 aliphatic carbocycles. The second kappa shape index (κ2) is 9.82. The van der Waals surface area contributed by atoms with Crippen LogP contribution in [-0.2, 0) is 0 Å². The highest BCUT2D eigenvalue weighted by Gasteiger charge is 2.34. The number of ether oxygens (including phenoxy) is 2. The zero-order valence-corrected chi connectivity index (χ0v) is 18.4. The fourth-order valence-corrected chi connectivity index (χ4v) is 3.72. The van der Waals surface area contributed by atoms with Crippen LogP contribution in [0.3, 0.4) is 0 Å². The van der Waals surface area contributed by atoms with Crippen molar-refractivity contribution < 1.29 is 9.47 Å². The van der Waals surface area contributed by atoms with Crippen LogP contribution in [0.2, 0.25) is 0 Å². The van der Waals surface area contributed by atoms with Gasteiger partial charge in [-0.15, -0.1) is 24.0 Å². The van der Waals surface area contributed by atoms with Gasteiger partial charge in [-0.1, -0.05) is 12.1 Å². The average molecular weight is 486 g/mol. The van der Waals surface area contributed by atoms with Crippen molar-refractivity contribution in [2.45, 2.75) is 38.3 Å². The van der Waals surface area contributed by atoms with Gasteiger partial charge in [0, 0.05) is 25.7 Å². The van der Waals surface area contributed by atoms with Gasteiger partial charge < -0.3 is 25.0 Å². The summed E-state index contributed by atoms with van der Waals surface area (Å²) >= 11 is 0. The van der Waals surface area contributed by atoms with Crippen molar-refractivity contribution in [3.05, 3.63) is 24.3 Å². The van der Waals surface area contributed by atoms with Crippen molar-refractivity contribution in [1.29, 1.82) is 0 Å². The van der Waals surface area contributed by atoms with Gasteiger partial charge in [-0.2, -0.15) is 0 Å². The van der Waals surface area contributed by atoms with E-state index in [0.717, 1.165) is 36.6 Å². The molecule has 0 bridgehead atoms. The molecule has 2 fully saturated rings. The summed E-state index contributed by atoms with van der Waals surface area (Å²) < 4.78 is 11.8. The van der Waals surface area contributed by atoms with Crippen LogP contribution in [0.5, 0.6) is 11.5 Å². The van der Waals surface area contributed by atoms with E-state index in [9.17, 15) is 0 Å². The molecule has 2 heterocycles. The topological polar surface area (TPSA) is 58.1 Å². The molecule has 2 atom stereocenters. The van der Waals surface area contributed by atoms with Crippen molar-refractivity contribution in [1.82, 2.24) is 15.5 Å². The lowest BCUT2D eigenvalue weighted by Crippen LogP contribution is -2.45. The van der Waals surface area contributed by atoms with Gasteiger partial charge in [-0.05, 0) is 50.8 Å². The number of nitrogens with zero attached hydrogens (tertiary/aromatic N) is 2. The first-order chi connectivity index (χ1) is 12.8. The zero-order chi connectivity index (χ0) is 17.8. The molecule has 3 aliphatic rings. The third-order valence-electron chi connectivity index (χ3n) is 5.30. The van der Waals surface area contributed by atoms with Crippen LogP contribution in [0.1, 0.15) is 26.2 Å². The Labute approximate surface area is 179 Å². The van der Waals surface area contributed by atoms with E-state index in [4.69, 9.17) is 14.5 Å². The number of likely N-dealkylation sites (tertiary alicyclic amines) is 1. The number of guanidine groups is 1. The van der Waals surface area contributed by atoms with Gasteiger partial charge in [0.2, 0.25) is 0 Å². The molecule has 0 aromatic heterocycles. The monoisotopic (exact) mass is 486 g/mol. The number of fused-ring (bicyclic) bond motifs is 1. The summed E-state index contributed by atoms with van der Waals surface area (Å²) in [5, 5.41) is 6.75. The molecule has 1 saturated heterocycles. The van der Waals surface area contributed by atoms with E-state index in [1.807, 2.05) is 24.3 Å². The molecule has 0 amide bonds. The van der Waals surface area contributed by atoms with E-state index in [0.29, 0.717) is 19.1 Å². The summed E-state index contributed by atoms with van der Waals surface area (Å²) in [5.74, 6) is 3.21. The summed E-state index contributed by atoms with van der Waals surface area (Å²) in [6, 6.07) is 8.70. The lowest BCUT2D eigenvalue weighted by atomic mass is 10.1. The fourth-order valence-electron chi connectivity index (χ4n) is 3.72. The Bertz CT molecular complexity index is 638. The van der Waals surface area contributed by atoms with Crippen molar-refractivity contribution in [2.75, 3.05) is 39.3 Å². The molecule has 1 aromatic carbocycles. The van der Waals surface area contributed by atoms with E-state index in [2.05, 4.69) is 22.5 Å². The Kier molecular flexibility index (Phi) is 7.46. The van der Waals surface area contributed by atoms with Crippen LogP contribution < -0.4 is 20.1 Å². The number of hydrogen-bond donors (Lipinski definition) is 2. The Morgan fingerprint density at radius 2 is 2.00 bits per heavy atom. The normalized spacial score (nSPS) is 25.0. The summed E-state index contributed by atoms with van der Waals surface area (Å²) in [5.41, 5.74) is 0. The van der Waals surface area contributed by atoms with Gasteiger partial charge in [0.15, 0.2) is 17.5 Å². The molecule has 0 radical (unpaired) electrons. The maximum atomic E-state index is 6.01. The number of para-hydroxylation sites is 2. The van der Waals surface area contributed by atoms with Crippen molar-refractivity contribution in [3.63, 3.8) is 0 Å². The first-order valence-electron chi connectivity index (χ1n) is 9.96. The van der Waals surface area contributed by atoms with Crippen LogP contribution in [0.4, 0.5) is 0 Å². The van der Waals surface area contributed by atoms with Gasteiger partial charge in [-0.25, -0.2) is 0 Å². The predicted octanol–water partition coefficient (Wildman–Crippen LogP) is 2.48. The van der Waals surface area contributed by atoms with Crippen LogP contribution in [0.15, 0.2) is 29.3 Å². The molecule has 6 nitrogen and oxygen atoms in total.